The number of imidazole rings is 1. The van der Waals surface area contributed by atoms with Crippen LogP contribution in [0.5, 0.6) is 0 Å². The topological polar surface area (TPSA) is 84.1 Å². The van der Waals surface area contributed by atoms with Gasteiger partial charge in [0.25, 0.3) is 5.91 Å². The molecule has 5 aromatic rings. The summed E-state index contributed by atoms with van der Waals surface area (Å²) in [6.07, 6.45) is 6.44. The number of amides is 1. The lowest BCUT2D eigenvalue weighted by Crippen LogP contribution is -2.35. The van der Waals surface area contributed by atoms with Gasteiger partial charge in [0.05, 0.1) is 24.1 Å². The zero-order valence-electron chi connectivity index (χ0n) is 18.8. The maximum atomic E-state index is 13.2. The van der Waals surface area contributed by atoms with E-state index in [0.29, 0.717) is 35.1 Å². The number of nitrogens with one attached hydrogen (secondary N) is 1. The van der Waals surface area contributed by atoms with Crippen LogP contribution in [-0.2, 0) is 20.0 Å². The number of aromatic nitrogens is 6. The lowest BCUT2D eigenvalue weighted by molar-refractivity contribution is 0.0732. The quantitative estimate of drug-likeness (QED) is 0.425. The molecule has 1 N–H and O–H groups in total. The molecule has 9 heteroatoms. The van der Waals surface area contributed by atoms with Crippen LogP contribution >= 0.6 is 11.6 Å². The van der Waals surface area contributed by atoms with Crippen molar-refractivity contribution < 1.29 is 4.79 Å². The third-order valence-electron chi connectivity index (χ3n) is 6.40. The Kier molecular flexibility index (Phi) is 4.77. The Labute approximate surface area is 200 Å². The fourth-order valence-electron chi connectivity index (χ4n) is 4.68. The molecule has 1 aliphatic rings. The van der Waals surface area contributed by atoms with Crippen LogP contribution in [0.25, 0.3) is 28.0 Å². The van der Waals surface area contributed by atoms with Crippen molar-refractivity contribution >= 4 is 23.2 Å². The predicted octanol–water partition coefficient (Wildman–Crippen LogP) is 4.29. The smallest absolute Gasteiger partial charge is 0.254 e. The van der Waals surface area contributed by atoms with Crippen LogP contribution in [-0.4, -0.2) is 46.7 Å². The molecule has 8 nitrogen and oxygen atoms in total. The fourth-order valence-corrected chi connectivity index (χ4v) is 4.97. The van der Waals surface area contributed by atoms with Crippen molar-refractivity contribution in [3.63, 3.8) is 0 Å². The maximum absolute atomic E-state index is 13.2. The van der Waals surface area contributed by atoms with Crippen LogP contribution in [0.4, 0.5) is 0 Å². The van der Waals surface area contributed by atoms with Crippen molar-refractivity contribution in [1.82, 2.24) is 34.3 Å². The molecular formula is C25H22ClN7O. The zero-order valence-corrected chi connectivity index (χ0v) is 19.5. The number of fused-ring (bicyclic) bond motifs is 2. The minimum absolute atomic E-state index is 0.0326. The standard InChI is InChI=1S/C25H22ClN7O/c1-15-20(13-31(2)30-15)18-5-3-4-6-19(18)23-24(26)33-10-8-16(11-22(33)28-23)25(34)32-9-7-17-12-27-29-21(17)14-32/h3-6,8,10-13H,7,9,14H2,1-2H3,(H,27,29). The second-order valence-electron chi connectivity index (χ2n) is 8.59. The fraction of sp³-hybridized carbons (Fsp3) is 0.200. The molecule has 0 atom stereocenters. The minimum atomic E-state index is -0.0326. The molecule has 6 rings (SSSR count). The van der Waals surface area contributed by atoms with Gasteiger partial charge in [-0.3, -0.25) is 19.0 Å². The van der Waals surface area contributed by atoms with Gasteiger partial charge in [-0.05, 0) is 36.6 Å². The Balaban J connectivity index is 1.39. The third kappa shape index (κ3) is 3.30. The summed E-state index contributed by atoms with van der Waals surface area (Å²) in [5.74, 6) is -0.0326. The van der Waals surface area contributed by atoms with Gasteiger partial charge in [-0.25, -0.2) is 4.98 Å². The van der Waals surface area contributed by atoms with Crippen LogP contribution in [0, 0.1) is 6.92 Å². The van der Waals surface area contributed by atoms with Crippen molar-refractivity contribution in [3.8, 4) is 22.4 Å². The highest BCUT2D eigenvalue weighted by molar-refractivity contribution is 6.32. The summed E-state index contributed by atoms with van der Waals surface area (Å²) in [5.41, 5.74) is 7.95. The van der Waals surface area contributed by atoms with Gasteiger partial charge in [-0.2, -0.15) is 10.2 Å². The summed E-state index contributed by atoms with van der Waals surface area (Å²) in [6, 6.07) is 11.6. The van der Waals surface area contributed by atoms with E-state index in [-0.39, 0.29) is 5.91 Å². The summed E-state index contributed by atoms with van der Waals surface area (Å²) in [6.45, 7) is 3.18. The van der Waals surface area contributed by atoms with Gasteiger partial charge >= 0.3 is 0 Å². The maximum Gasteiger partial charge on any atom is 0.254 e. The van der Waals surface area contributed by atoms with Crippen LogP contribution < -0.4 is 0 Å². The Morgan fingerprint density at radius 1 is 1.15 bits per heavy atom. The summed E-state index contributed by atoms with van der Waals surface area (Å²) in [4.78, 5) is 19.9. The van der Waals surface area contributed by atoms with Crippen molar-refractivity contribution in [1.29, 1.82) is 0 Å². The zero-order chi connectivity index (χ0) is 23.4. The number of aromatic amines is 1. The highest BCUT2D eigenvalue weighted by Crippen LogP contribution is 2.37. The first-order valence-electron chi connectivity index (χ1n) is 11.1. The molecule has 34 heavy (non-hydrogen) atoms. The van der Waals surface area contributed by atoms with Crippen LogP contribution in [0.15, 0.2) is 55.0 Å². The first kappa shape index (κ1) is 20.7. The first-order chi connectivity index (χ1) is 16.5. The van der Waals surface area contributed by atoms with E-state index >= 15 is 0 Å². The number of carbonyl (C=O) groups is 1. The first-order valence-corrected chi connectivity index (χ1v) is 11.5. The van der Waals surface area contributed by atoms with Crippen molar-refractivity contribution in [2.75, 3.05) is 6.54 Å². The van der Waals surface area contributed by atoms with E-state index in [9.17, 15) is 4.79 Å². The summed E-state index contributed by atoms with van der Waals surface area (Å²) < 4.78 is 3.61. The lowest BCUT2D eigenvalue weighted by Gasteiger charge is -2.26. The normalized spacial score (nSPS) is 13.4. The Bertz CT molecular complexity index is 1560. The average Bonchev–Trinajstić information content (AvgIpc) is 3.54. The largest absolute Gasteiger partial charge is 0.332 e. The van der Waals surface area contributed by atoms with E-state index in [1.165, 1.54) is 5.56 Å². The predicted molar refractivity (Wildman–Crippen MR) is 130 cm³/mol. The number of hydrogen-bond donors (Lipinski definition) is 1. The molecule has 1 aliphatic heterocycles. The van der Waals surface area contributed by atoms with E-state index in [2.05, 4.69) is 21.4 Å². The summed E-state index contributed by atoms with van der Waals surface area (Å²) in [5, 5.41) is 12.1. The number of nitrogens with zero attached hydrogens (tertiary/aromatic N) is 6. The van der Waals surface area contributed by atoms with Gasteiger partial charge < -0.3 is 4.90 Å². The van der Waals surface area contributed by atoms with E-state index in [1.54, 1.807) is 16.8 Å². The highest BCUT2D eigenvalue weighted by Gasteiger charge is 2.24. The minimum Gasteiger partial charge on any atom is -0.332 e. The Morgan fingerprint density at radius 3 is 2.76 bits per heavy atom. The van der Waals surface area contributed by atoms with Gasteiger partial charge in [-0.1, -0.05) is 35.9 Å². The van der Waals surface area contributed by atoms with Crippen LogP contribution in [0.3, 0.4) is 0 Å². The van der Waals surface area contributed by atoms with Crippen molar-refractivity contribution in [2.24, 2.45) is 7.05 Å². The molecule has 4 aromatic heterocycles. The number of aryl methyl sites for hydroxylation is 2. The number of H-pyrrole nitrogens is 1. The monoisotopic (exact) mass is 471 g/mol. The second kappa shape index (κ2) is 7.85. The van der Waals surface area contributed by atoms with E-state index < -0.39 is 0 Å². The molecule has 0 unspecified atom stereocenters. The molecule has 1 aromatic carbocycles. The number of benzene rings is 1. The molecule has 1 amide bonds. The van der Waals surface area contributed by atoms with Gasteiger partial charge in [0.15, 0.2) is 0 Å². The molecule has 0 aliphatic carbocycles. The molecule has 0 saturated heterocycles. The molecule has 0 radical (unpaired) electrons. The van der Waals surface area contributed by atoms with Crippen molar-refractivity contribution in [2.45, 2.75) is 19.9 Å². The van der Waals surface area contributed by atoms with E-state index in [1.807, 2.05) is 60.1 Å². The highest BCUT2D eigenvalue weighted by atomic mass is 35.5. The van der Waals surface area contributed by atoms with E-state index in [4.69, 9.17) is 16.6 Å². The van der Waals surface area contributed by atoms with Gasteiger partial charge in [0.1, 0.15) is 16.5 Å². The Morgan fingerprint density at radius 2 is 1.97 bits per heavy atom. The molecule has 170 valence electrons. The number of hydrogen-bond acceptors (Lipinski definition) is 4. The molecule has 0 spiro atoms. The average molecular weight is 472 g/mol. The number of carbonyl (C=O) groups excluding carboxylic acids is 1. The molecule has 0 saturated carbocycles. The molecular weight excluding hydrogens is 450 g/mol. The van der Waals surface area contributed by atoms with E-state index in [0.717, 1.165) is 34.5 Å². The van der Waals surface area contributed by atoms with Crippen LogP contribution in [0.1, 0.15) is 27.3 Å². The molecule has 0 fully saturated rings. The lowest BCUT2D eigenvalue weighted by atomic mass is 9.99. The SMILES string of the molecule is Cc1nn(C)cc1-c1ccccc1-c1nc2cc(C(=O)N3CCc4cn[nH]c4C3)ccn2c1Cl. The molecule has 0 bridgehead atoms. The van der Waals surface area contributed by atoms with Gasteiger partial charge in [-0.15, -0.1) is 0 Å². The summed E-state index contributed by atoms with van der Waals surface area (Å²) >= 11 is 6.79. The van der Waals surface area contributed by atoms with Gasteiger partial charge in [0, 0.05) is 42.7 Å². The third-order valence-corrected chi connectivity index (χ3v) is 6.76. The number of rotatable bonds is 3. The van der Waals surface area contributed by atoms with Crippen molar-refractivity contribution in [3.05, 3.63) is 82.7 Å². The number of halogens is 1. The molecule has 5 heterocycles. The summed E-state index contributed by atoms with van der Waals surface area (Å²) in [7, 11) is 1.91. The van der Waals surface area contributed by atoms with Crippen LogP contribution in [0.2, 0.25) is 5.15 Å². The Hall–Kier alpha value is -3.91. The second-order valence-corrected chi connectivity index (χ2v) is 8.95. The van der Waals surface area contributed by atoms with Gasteiger partial charge in [0.2, 0.25) is 0 Å². The number of pyridine rings is 1.